The number of rotatable bonds is 2. The number of aromatic amines is 1. The van der Waals surface area contributed by atoms with Gasteiger partial charge in [-0.15, -0.1) is 11.3 Å². The fourth-order valence-corrected chi connectivity index (χ4v) is 2.94. The average Bonchev–Trinajstić information content (AvgIpc) is 2.70. The van der Waals surface area contributed by atoms with E-state index in [1.54, 1.807) is 12.1 Å². The molecule has 3 rings (SSSR count). The predicted molar refractivity (Wildman–Crippen MR) is 67.4 cm³/mol. The first-order chi connectivity index (χ1) is 8.31. The molecule has 0 bridgehead atoms. The molecule has 2 heterocycles. The lowest BCUT2D eigenvalue weighted by molar-refractivity contribution is -0.105. The number of H-pyrrole nitrogens is 1. The zero-order valence-corrected chi connectivity index (χ0v) is 9.38. The summed E-state index contributed by atoms with van der Waals surface area (Å²) in [5.41, 5.74) is 0.532. The molecule has 0 saturated carbocycles. The summed E-state index contributed by atoms with van der Waals surface area (Å²) in [6, 6.07) is 5.44. The molecule has 1 amide bonds. The summed E-state index contributed by atoms with van der Waals surface area (Å²) in [6.07, 6.45) is 2.00. The summed E-state index contributed by atoms with van der Waals surface area (Å²) in [5, 5.41) is 4.00. The molecule has 0 saturated heterocycles. The van der Waals surface area contributed by atoms with Crippen molar-refractivity contribution in [3.05, 3.63) is 34.9 Å². The Kier molecular flexibility index (Phi) is 2.15. The van der Waals surface area contributed by atoms with Crippen LogP contribution in [-0.4, -0.2) is 16.4 Å². The highest BCUT2D eigenvalue weighted by atomic mass is 32.1. The van der Waals surface area contributed by atoms with Gasteiger partial charge in [-0.1, -0.05) is 12.1 Å². The maximum Gasteiger partial charge on any atom is 0.260 e. The van der Waals surface area contributed by atoms with E-state index in [2.05, 4.69) is 15.3 Å². The molecule has 0 aliphatic rings. The van der Waals surface area contributed by atoms with Crippen molar-refractivity contribution in [1.29, 1.82) is 0 Å². The zero-order valence-electron chi connectivity index (χ0n) is 8.56. The molecular formula is C11H7N3O2S. The second-order valence-electron chi connectivity index (χ2n) is 3.46. The second-order valence-corrected chi connectivity index (χ2v) is 4.46. The summed E-state index contributed by atoms with van der Waals surface area (Å²) in [4.78, 5) is 29.6. The summed E-state index contributed by atoms with van der Waals surface area (Å²) in [6.45, 7) is 0. The SMILES string of the molecule is O=CNc1cccc2c1sc1nc[nH]c(=O)c12. The molecule has 0 atom stereocenters. The molecule has 0 unspecified atom stereocenters. The number of nitrogens with one attached hydrogen (secondary N) is 2. The monoisotopic (exact) mass is 245 g/mol. The van der Waals surface area contributed by atoms with Crippen LogP contribution in [0.25, 0.3) is 20.3 Å². The molecule has 84 valence electrons. The van der Waals surface area contributed by atoms with Gasteiger partial charge in [0, 0.05) is 5.39 Å². The molecule has 3 aromatic rings. The minimum absolute atomic E-state index is 0.162. The molecule has 17 heavy (non-hydrogen) atoms. The number of benzene rings is 1. The van der Waals surface area contributed by atoms with Gasteiger partial charge in [-0.05, 0) is 6.07 Å². The number of hydrogen-bond donors (Lipinski definition) is 2. The third-order valence-corrected chi connectivity index (χ3v) is 3.66. The van der Waals surface area contributed by atoms with Gasteiger partial charge in [0.05, 0.1) is 22.1 Å². The fourth-order valence-electron chi connectivity index (χ4n) is 1.82. The second kappa shape index (κ2) is 3.67. The quantitative estimate of drug-likeness (QED) is 0.675. The minimum atomic E-state index is -0.162. The Morgan fingerprint density at radius 2 is 2.29 bits per heavy atom. The van der Waals surface area contributed by atoms with Gasteiger partial charge in [-0.25, -0.2) is 4.98 Å². The molecule has 2 N–H and O–H groups in total. The van der Waals surface area contributed by atoms with E-state index in [0.717, 1.165) is 10.1 Å². The number of nitrogens with zero attached hydrogens (tertiary/aromatic N) is 1. The summed E-state index contributed by atoms with van der Waals surface area (Å²) >= 11 is 1.39. The first-order valence-electron chi connectivity index (χ1n) is 4.90. The third kappa shape index (κ3) is 1.42. The first kappa shape index (κ1) is 9.98. The molecule has 5 nitrogen and oxygen atoms in total. The predicted octanol–water partition coefficient (Wildman–Crippen LogP) is 1.71. The normalized spacial score (nSPS) is 10.8. The Bertz CT molecular complexity index is 775. The van der Waals surface area contributed by atoms with Crippen molar-refractivity contribution in [1.82, 2.24) is 9.97 Å². The third-order valence-electron chi connectivity index (χ3n) is 2.52. The van der Waals surface area contributed by atoms with Crippen LogP contribution in [0.2, 0.25) is 0 Å². The van der Waals surface area contributed by atoms with E-state index in [0.29, 0.717) is 22.3 Å². The van der Waals surface area contributed by atoms with Crippen LogP contribution in [0.5, 0.6) is 0 Å². The molecule has 0 fully saturated rings. The van der Waals surface area contributed by atoms with Crippen molar-refractivity contribution in [3.63, 3.8) is 0 Å². The maximum atomic E-state index is 11.7. The molecule has 0 aliphatic heterocycles. The lowest BCUT2D eigenvalue weighted by Crippen LogP contribution is -2.04. The van der Waals surface area contributed by atoms with Crippen LogP contribution in [0, 0.1) is 0 Å². The molecule has 0 spiro atoms. The topological polar surface area (TPSA) is 74.8 Å². The number of amides is 1. The fraction of sp³-hybridized carbons (Fsp3) is 0. The van der Waals surface area contributed by atoms with Crippen molar-refractivity contribution in [3.8, 4) is 0 Å². The molecule has 1 aromatic carbocycles. The number of anilines is 1. The number of aromatic nitrogens is 2. The van der Waals surface area contributed by atoms with Crippen LogP contribution in [0.4, 0.5) is 5.69 Å². The average molecular weight is 245 g/mol. The molecular weight excluding hydrogens is 238 g/mol. The van der Waals surface area contributed by atoms with Crippen LogP contribution in [0.1, 0.15) is 0 Å². The number of hydrogen-bond acceptors (Lipinski definition) is 4. The Morgan fingerprint density at radius 1 is 1.41 bits per heavy atom. The molecule has 2 aromatic heterocycles. The summed E-state index contributed by atoms with van der Waals surface area (Å²) in [5.74, 6) is 0. The van der Waals surface area contributed by atoms with Gasteiger partial charge in [0.15, 0.2) is 0 Å². The van der Waals surface area contributed by atoms with Gasteiger partial charge in [-0.2, -0.15) is 0 Å². The number of fused-ring (bicyclic) bond motifs is 3. The Balaban J connectivity index is 2.51. The van der Waals surface area contributed by atoms with E-state index < -0.39 is 0 Å². The van der Waals surface area contributed by atoms with Crippen molar-refractivity contribution < 1.29 is 4.79 Å². The highest BCUT2D eigenvalue weighted by Gasteiger charge is 2.11. The molecule has 6 heteroatoms. The van der Waals surface area contributed by atoms with E-state index in [1.165, 1.54) is 17.7 Å². The van der Waals surface area contributed by atoms with E-state index in [-0.39, 0.29) is 5.56 Å². The Labute approximate surface area is 99.1 Å². The first-order valence-corrected chi connectivity index (χ1v) is 5.72. The maximum absolute atomic E-state index is 11.7. The zero-order chi connectivity index (χ0) is 11.8. The smallest absolute Gasteiger partial charge is 0.260 e. The van der Waals surface area contributed by atoms with E-state index in [1.807, 2.05) is 6.07 Å². The molecule has 0 aliphatic carbocycles. The van der Waals surface area contributed by atoms with E-state index in [9.17, 15) is 9.59 Å². The van der Waals surface area contributed by atoms with Crippen molar-refractivity contribution >= 4 is 43.7 Å². The molecule has 0 radical (unpaired) electrons. The summed E-state index contributed by atoms with van der Waals surface area (Å²) < 4.78 is 0.860. The van der Waals surface area contributed by atoms with Crippen molar-refractivity contribution in [2.45, 2.75) is 0 Å². The Hall–Kier alpha value is -2.21. The lowest BCUT2D eigenvalue weighted by atomic mass is 10.2. The number of thiophene rings is 1. The van der Waals surface area contributed by atoms with Crippen LogP contribution in [0.15, 0.2) is 29.3 Å². The van der Waals surface area contributed by atoms with Gasteiger partial charge in [0.2, 0.25) is 6.41 Å². The van der Waals surface area contributed by atoms with Crippen molar-refractivity contribution in [2.24, 2.45) is 0 Å². The summed E-state index contributed by atoms with van der Waals surface area (Å²) in [7, 11) is 0. The largest absolute Gasteiger partial charge is 0.327 e. The van der Waals surface area contributed by atoms with Gasteiger partial charge >= 0.3 is 0 Å². The van der Waals surface area contributed by atoms with Gasteiger partial charge in [-0.3, -0.25) is 9.59 Å². The number of carbonyl (C=O) groups excluding carboxylic acids is 1. The van der Waals surface area contributed by atoms with Crippen LogP contribution in [-0.2, 0) is 4.79 Å². The highest BCUT2D eigenvalue weighted by Crippen LogP contribution is 2.34. The number of carbonyl (C=O) groups is 1. The minimum Gasteiger partial charge on any atom is -0.327 e. The Morgan fingerprint density at radius 3 is 3.12 bits per heavy atom. The van der Waals surface area contributed by atoms with Crippen LogP contribution in [0.3, 0.4) is 0 Å². The van der Waals surface area contributed by atoms with E-state index in [4.69, 9.17) is 0 Å². The van der Waals surface area contributed by atoms with E-state index >= 15 is 0 Å². The van der Waals surface area contributed by atoms with Crippen LogP contribution < -0.4 is 10.9 Å². The van der Waals surface area contributed by atoms with Gasteiger partial charge in [0.25, 0.3) is 5.56 Å². The van der Waals surface area contributed by atoms with Gasteiger partial charge in [0.1, 0.15) is 4.83 Å². The highest BCUT2D eigenvalue weighted by molar-refractivity contribution is 7.26. The lowest BCUT2D eigenvalue weighted by Gasteiger charge is -1.98. The standard InChI is InChI=1S/C11H7N3O2S/c15-5-14-7-3-1-2-6-8-10(16)12-4-13-11(8)17-9(6)7/h1-5H,(H,14,15)(H,12,13,16). The van der Waals surface area contributed by atoms with Crippen molar-refractivity contribution in [2.75, 3.05) is 5.32 Å². The van der Waals surface area contributed by atoms with Gasteiger partial charge < -0.3 is 10.3 Å². The van der Waals surface area contributed by atoms with Crippen LogP contribution >= 0.6 is 11.3 Å².